The minimum Gasteiger partial charge on any atom is -0.334 e. The van der Waals surface area contributed by atoms with Crippen LogP contribution < -0.4 is 5.32 Å². The molecule has 1 aliphatic rings. The summed E-state index contributed by atoms with van der Waals surface area (Å²) in [5.74, 6) is -0.0142. The molecule has 1 aliphatic heterocycles. The van der Waals surface area contributed by atoms with Gasteiger partial charge >= 0.3 is 0 Å². The minimum absolute atomic E-state index is 0.0142. The molecule has 0 unspecified atom stereocenters. The van der Waals surface area contributed by atoms with E-state index in [1.807, 2.05) is 4.90 Å². The van der Waals surface area contributed by atoms with Crippen molar-refractivity contribution in [3.63, 3.8) is 0 Å². The SMILES string of the molecule is CCCCN(C(=O)c1cccc(Cl)c1Cl)[C@H]1CCNC1. The van der Waals surface area contributed by atoms with Crippen molar-refractivity contribution in [2.75, 3.05) is 19.6 Å². The Morgan fingerprint density at radius 1 is 1.45 bits per heavy atom. The number of benzene rings is 1. The molecule has 1 N–H and O–H groups in total. The summed E-state index contributed by atoms with van der Waals surface area (Å²) in [7, 11) is 0. The highest BCUT2D eigenvalue weighted by atomic mass is 35.5. The third-order valence-corrected chi connectivity index (χ3v) is 4.49. The molecule has 1 amide bonds. The average Bonchev–Trinajstić information content (AvgIpc) is 2.96. The molecule has 5 heteroatoms. The van der Waals surface area contributed by atoms with Crippen molar-refractivity contribution >= 4 is 29.1 Å². The number of hydrogen-bond acceptors (Lipinski definition) is 2. The number of nitrogens with zero attached hydrogens (tertiary/aromatic N) is 1. The molecule has 3 nitrogen and oxygen atoms in total. The summed E-state index contributed by atoms with van der Waals surface area (Å²) in [6.07, 6.45) is 3.06. The van der Waals surface area contributed by atoms with Crippen molar-refractivity contribution in [2.24, 2.45) is 0 Å². The van der Waals surface area contributed by atoms with Crippen LogP contribution >= 0.6 is 23.2 Å². The van der Waals surface area contributed by atoms with E-state index in [-0.39, 0.29) is 11.9 Å². The molecule has 1 atom stereocenters. The van der Waals surface area contributed by atoms with E-state index in [0.717, 1.165) is 38.9 Å². The molecule has 1 saturated heterocycles. The summed E-state index contributed by atoms with van der Waals surface area (Å²) < 4.78 is 0. The predicted molar refractivity (Wildman–Crippen MR) is 83.7 cm³/mol. The van der Waals surface area contributed by atoms with Crippen LogP contribution in [0.3, 0.4) is 0 Å². The Kier molecular flexibility index (Phi) is 5.70. The molecule has 0 bridgehead atoms. The lowest BCUT2D eigenvalue weighted by atomic mass is 10.1. The zero-order chi connectivity index (χ0) is 14.5. The maximum atomic E-state index is 12.8. The molecule has 1 aromatic rings. The van der Waals surface area contributed by atoms with E-state index >= 15 is 0 Å². The zero-order valence-electron chi connectivity index (χ0n) is 11.7. The predicted octanol–water partition coefficient (Wildman–Crippen LogP) is 3.60. The van der Waals surface area contributed by atoms with Gasteiger partial charge in [0, 0.05) is 19.1 Å². The third-order valence-electron chi connectivity index (χ3n) is 3.67. The Labute approximate surface area is 130 Å². The van der Waals surface area contributed by atoms with Crippen LogP contribution in [-0.2, 0) is 0 Å². The second-order valence-corrected chi connectivity index (χ2v) is 5.89. The van der Waals surface area contributed by atoms with Crippen molar-refractivity contribution in [1.82, 2.24) is 10.2 Å². The van der Waals surface area contributed by atoms with Gasteiger partial charge in [-0.05, 0) is 31.5 Å². The molecule has 0 radical (unpaired) electrons. The maximum absolute atomic E-state index is 12.8. The van der Waals surface area contributed by atoms with Gasteiger partial charge < -0.3 is 10.2 Å². The van der Waals surface area contributed by atoms with Crippen LogP contribution in [0.5, 0.6) is 0 Å². The number of carbonyl (C=O) groups excluding carboxylic acids is 1. The molecule has 2 rings (SSSR count). The highest BCUT2D eigenvalue weighted by Gasteiger charge is 2.28. The molecule has 1 aromatic carbocycles. The van der Waals surface area contributed by atoms with E-state index in [4.69, 9.17) is 23.2 Å². The van der Waals surface area contributed by atoms with Gasteiger partial charge in [-0.25, -0.2) is 0 Å². The normalized spacial score (nSPS) is 18.2. The molecule has 0 saturated carbocycles. The molecular weight excluding hydrogens is 295 g/mol. The van der Waals surface area contributed by atoms with Crippen molar-refractivity contribution in [3.8, 4) is 0 Å². The molecule has 1 fully saturated rings. The lowest BCUT2D eigenvalue weighted by molar-refractivity contribution is 0.0689. The van der Waals surface area contributed by atoms with Gasteiger partial charge in [-0.2, -0.15) is 0 Å². The number of amides is 1. The molecule has 0 aliphatic carbocycles. The van der Waals surface area contributed by atoms with Crippen molar-refractivity contribution < 1.29 is 4.79 Å². The van der Waals surface area contributed by atoms with Crippen LogP contribution in [0.15, 0.2) is 18.2 Å². The Morgan fingerprint density at radius 3 is 2.90 bits per heavy atom. The van der Waals surface area contributed by atoms with E-state index in [1.165, 1.54) is 0 Å². The van der Waals surface area contributed by atoms with Crippen LogP contribution in [0.2, 0.25) is 10.0 Å². The van der Waals surface area contributed by atoms with E-state index in [2.05, 4.69) is 12.2 Å². The first-order valence-electron chi connectivity index (χ1n) is 7.10. The third kappa shape index (κ3) is 3.46. The highest BCUT2D eigenvalue weighted by Crippen LogP contribution is 2.27. The number of rotatable bonds is 5. The maximum Gasteiger partial charge on any atom is 0.255 e. The van der Waals surface area contributed by atoms with Crippen molar-refractivity contribution in [1.29, 1.82) is 0 Å². The van der Waals surface area contributed by atoms with E-state index in [0.29, 0.717) is 15.6 Å². The fraction of sp³-hybridized carbons (Fsp3) is 0.533. The second kappa shape index (κ2) is 7.30. The van der Waals surface area contributed by atoms with E-state index in [9.17, 15) is 4.79 Å². The largest absolute Gasteiger partial charge is 0.334 e. The number of carbonyl (C=O) groups is 1. The number of unbranched alkanes of at least 4 members (excludes halogenated alkanes) is 1. The quantitative estimate of drug-likeness (QED) is 0.900. The minimum atomic E-state index is -0.0142. The number of hydrogen-bond donors (Lipinski definition) is 1. The Balaban J connectivity index is 2.22. The topological polar surface area (TPSA) is 32.3 Å². The first-order chi connectivity index (χ1) is 9.65. The monoisotopic (exact) mass is 314 g/mol. The molecular formula is C15H20Cl2N2O. The average molecular weight is 315 g/mol. The van der Waals surface area contributed by atoms with Gasteiger partial charge in [0.05, 0.1) is 15.6 Å². The Hall–Kier alpha value is -0.770. The van der Waals surface area contributed by atoms with Crippen LogP contribution in [0.25, 0.3) is 0 Å². The molecule has 110 valence electrons. The fourth-order valence-corrected chi connectivity index (χ4v) is 2.89. The van der Waals surface area contributed by atoms with E-state index in [1.54, 1.807) is 18.2 Å². The zero-order valence-corrected chi connectivity index (χ0v) is 13.2. The summed E-state index contributed by atoms with van der Waals surface area (Å²) >= 11 is 12.2. The summed E-state index contributed by atoms with van der Waals surface area (Å²) in [5.41, 5.74) is 0.502. The molecule has 0 spiro atoms. The first-order valence-corrected chi connectivity index (χ1v) is 7.86. The standard InChI is InChI=1S/C15H20Cl2N2O/c1-2-3-9-19(11-7-8-18-10-11)15(20)12-5-4-6-13(16)14(12)17/h4-6,11,18H,2-3,7-10H2,1H3/t11-/m0/s1. The van der Waals surface area contributed by atoms with Crippen LogP contribution in [0.4, 0.5) is 0 Å². The number of halogens is 2. The van der Waals surface area contributed by atoms with Gasteiger partial charge in [0.25, 0.3) is 5.91 Å². The van der Waals surface area contributed by atoms with Gasteiger partial charge in [0.1, 0.15) is 0 Å². The Morgan fingerprint density at radius 2 is 2.25 bits per heavy atom. The van der Waals surface area contributed by atoms with Crippen LogP contribution in [0, 0.1) is 0 Å². The summed E-state index contributed by atoms with van der Waals surface area (Å²) in [6, 6.07) is 5.47. The number of nitrogens with one attached hydrogen (secondary N) is 1. The van der Waals surface area contributed by atoms with Gasteiger partial charge in [0.15, 0.2) is 0 Å². The van der Waals surface area contributed by atoms with Crippen LogP contribution in [0.1, 0.15) is 36.5 Å². The summed E-state index contributed by atoms with van der Waals surface area (Å²) in [5, 5.41) is 4.09. The highest BCUT2D eigenvalue weighted by molar-refractivity contribution is 6.43. The van der Waals surface area contributed by atoms with E-state index < -0.39 is 0 Å². The molecule has 0 aromatic heterocycles. The summed E-state index contributed by atoms with van der Waals surface area (Å²) in [4.78, 5) is 14.7. The smallest absolute Gasteiger partial charge is 0.255 e. The summed E-state index contributed by atoms with van der Waals surface area (Å²) in [6.45, 7) is 4.71. The van der Waals surface area contributed by atoms with Gasteiger partial charge in [-0.3, -0.25) is 4.79 Å². The van der Waals surface area contributed by atoms with Crippen LogP contribution in [-0.4, -0.2) is 36.5 Å². The Bertz CT molecular complexity index is 473. The molecule has 1 heterocycles. The van der Waals surface area contributed by atoms with Crippen molar-refractivity contribution in [2.45, 2.75) is 32.2 Å². The lowest BCUT2D eigenvalue weighted by Gasteiger charge is -2.29. The van der Waals surface area contributed by atoms with Gasteiger partial charge in [-0.1, -0.05) is 42.6 Å². The van der Waals surface area contributed by atoms with Gasteiger partial charge in [0.2, 0.25) is 0 Å². The first kappa shape index (κ1) is 15.6. The molecule has 20 heavy (non-hydrogen) atoms. The fourth-order valence-electron chi connectivity index (χ4n) is 2.51. The second-order valence-electron chi connectivity index (χ2n) is 5.10. The van der Waals surface area contributed by atoms with Gasteiger partial charge in [-0.15, -0.1) is 0 Å². The van der Waals surface area contributed by atoms with Crippen molar-refractivity contribution in [3.05, 3.63) is 33.8 Å². The lowest BCUT2D eigenvalue weighted by Crippen LogP contribution is -2.42.